The summed E-state index contributed by atoms with van der Waals surface area (Å²) in [5, 5.41) is 5.55. The minimum Gasteiger partial charge on any atom is -0.335 e. The molecule has 3 rings (SSSR count). The number of sulfone groups is 1. The molecule has 0 N–H and O–H groups in total. The van der Waals surface area contributed by atoms with Gasteiger partial charge in [-0.05, 0) is 39.0 Å². The van der Waals surface area contributed by atoms with Crippen LogP contribution in [0.2, 0.25) is 0 Å². The number of nitrogens with zero attached hydrogens (tertiary/aromatic N) is 3. The van der Waals surface area contributed by atoms with Crippen molar-refractivity contribution in [1.82, 2.24) is 14.7 Å². The average Bonchev–Trinajstić information content (AvgIpc) is 3.23. The maximum Gasteiger partial charge on any atom is 0.264 e. The predicted molar refractivity (Wildman–Crippen MR) is 114 cm³/mol. The molecule has 28 heavy (non-hydrogen) atoms. The van der Waals surface area contributed by atoms with Gasteiger partial charge in [-0.15, -0.1) is 11.3 Å². The molecule has 1 aromatic carbocycles. The topological polar surface area (TPSA) is 72.3 Å². The number of aryl methyl sites for hydroxylation is 1. The van der Waals surface area contributed by atoms with Crippen LogP contribution in [0.4, 0.5) is 0 Å². The molecule has 2 heterocycles. The molecule has 0 radical (unpaired) electrons. The third-order valence-electron chi connectivity index (χ3n) is 4.82. The number of hydrogen-bond acceptors (Lipinski definition) is 5. The van der Waals surface area contributed by atoms with Crippen LogP contribution >= 0.6 is 11.3 Å². The maximum atomic E-state index is 13.1. The maximum absolute atomic E-state index is 13.1. The summed E-state index contributed by atoms with van der Waals surface area (Å²) in [4.78, 5) is 16.3. The fourth-order valence-electron chi connectivity index (χ4n) is 3.27. The Labute approximate surface area is 169 Å². The van der Waals surface area contributed by atoms with Crippen LogP contribution < -0.4 is 0 Å². The van der Waals surface area contributed by atoms with Crippen LogP contribution in [0.25, 0.3) is 15.9 Å². The molecule has 0 saturated heterocycles. The minimum absolute atomic E-state index is 0.0230. The van der Waals surface area contributed by atoms with E-state index in [1.165, 1.54) is 11.3 Å². The Morgan fingerprint density at radius 3 is 2.54 bits per heavy atom. The van der Waals surface area contributed by atoms with Gasteiger partial charge in [-0.25, -0.2) is 13.1 Å². The number of carbonyl (C=O) groups is 1. The van der Waals surface area contributed by atoms with Crippen molar-refractivity contribution in [3.63, 3.8) is 0 Å². The van der Waals surface area contributed by atoms with Crippen molar-refractivity contribution in [3.05, 3.63) is 47.0 Å². The summed E-state index contributed by atoms with van der Waals surface area (Å²) in [5.74, 6) is -0.0791. The number of para-hydroxylation sites is 1. The molecule has 6 nitrogen and oxygen atoms in total. The molecule has 8 heteroatoms. The second-order valence-corrected chi connectivity index (χ2v) is 10.2. The highest BCUT2D eigenvalue weighted by atomic mass is 32.2. The van der Waals surface area contributed by atoms with Gasteiger partial charge in [-0.1, -0.05) is 25.1 Å². The molecule has 0 saturated carbocycles. The fourth-order valence-corrected chi connectivity index (χ4v) is 5.56. The smallest absolute Gasteiger partial charge is 0.264 e. The van der Waals surface area contributed by atoms with E-state index in [-0.39, 0.29) is 23.5 Å². The van der Waals surface area contributed by atoms with E-state index >= 15 is 0 Å². The standard InChI is InChI=1S/C20H25N3O3S2/c1-5-22(14(3)13-28(25,26)6-2)19(24)18-12-17-15(4)21-23(20(17)27-18)16-10-8-7-9-11-16/h7-12,14H,5-6,13H2,1-4H3. The molecule has 1 amide bonds. The highest BCUT2D eigenvalue weighted by molar-refractivity contribution is 7.91. The van der Waals surface area contributed by atoms with Gasteiger partial charge in [-0.3, -0.25) is 4.79 Å². The highest BCUT2D eigenvalue weighted by Crippen LogP contribution is 2.31. The molecule has 0 aliphatic heterocycles. The van der Waals surface area contributed by atoms with Crippen LogP contribution in [-0.2, 0) is 9.84 Å². The molecule has 0 fully saturated rings. The first-order valence-electron chi connectivity index (χ1n) is 9.33. The zero-order valence-electron chi connectivity index (χ0n) is 16.5. The van der Waals surface area contributed by atoms with Crippen LogP contribution in [-0.4, -0.2) is 53.1 Å². The molecule has 150 valence electrons. The molecule has 1 atom stereocenters. The van der Waals surface area contributed by atoms with Crippen molar-refractivity contribution < 1.29 is 13.2 Å². The Morgan fingerprint density at radius 2 is 1.93 bits per heavy atom. The molecular weight excluding hydrogens is 394 g/mol. The van der Waals surface area contributed by atoms with E-state index in [4.69, 9.17) is 0 Å². The normalized spacial score (nSPS) is 13.0. The number of fused-ring (bicyclic) bond motifs is 1. The van der Waals surface area contributed by atoms with Crippen molar-refractivity contribution in [2.24, 2.45) is 0 Å². The van der Waals surface area contributed by atoms with Crippen LogP contribution in [0.3, 0.4) is 0 Å². The summed E-state index contributed by atoms with van der Waals surface area (Å²) >= 11 is 1.39. The average molecular weight is 420 g/mol. The third kappa shape index (κ3) is 3.98. The van der Waals surface area contributed by atoms with Crippen molar-refractivity contribution in [3.8, 4) is 5.69 Å². The molecule has 1 unspecified atom stereocenters. The number of aromatic nitrogens is 2. The van der Waals surface area contributed by atoms with Gasteiger partial charge in [0.05, 0.1) is 22.0 Å². The second kappa shape index (κ2) is 8.05. The van der Waals surface area contributed by atoms with E-state index in [1.54, 1.807) is 18.7 Å². The molecular formula is C20H25N3O3S2. The van der Waals surface area contributed by atoms with E-state index < -0.39 is 9.84 Å². The van der Waals surface area contributed by atoms with Crippen molar-refractivity contribution in [2.45, 2.75) is 33.7 Å². The van der Waals surface area contributed by atoms with Gasteiger partial charge in [0.15, 0.2) is 9.84 Å². The molecule has 0 spiro atoms. The van der Waals surface area contributed by atoms with Crippen LogP contribution in [0.1, 0.15) is 36.1 Å². The summed E-state index contributed by atoms with van der Waals surface area (Å²) in [6.45, 7) is 7.68. The van der Waals surface area contributed by atoms with Crippen molar-refractivity contribution >= 4 is 37.3 Å². The van der Waals surface area contributed by atoms with E-state index in [0.29, 0.717) is 11.4 Å². The largest absolute Gasteiger partial charge is 0.335 e. The van der Waals surface area contributed by atoms with Crippen LogP contribution in [0.5, 0.6) is 0 Å². The summed E-state index contributed by atoms with van der Waals surface area (Å²) in [6, 6.07) is 11.3. The Kier molecular flexibility index (Phi) is 5.90. The zero-order chi connectivity index (χ0) is 20.5. The number of hydrogen-bond donors (Lipinski definition) is 0. The Hall–Kier alpha value is -2.19. The lowest BCUT2D eigenvalue weighted by molar-refractivity contribution is 0.0724. The molecule has 0 aliphatic carbocycles. The first-order chi connectivity index (χ1) is 13.3. The van der Waals surface area contributed by atoms with Crippen LogP contribution in [0.15, 0.2) is 36.4 Å². The summed E-state index contributed by atoms with van der Waals surface area (Å²) in [6.07, 6.45) is 0. The van der Waals surface area contributed by atoms with Gasteiger partial charge in [0.1, 0.15) is 4.83 Å². The van der Waals surface area contributed by atoms with Gasteiger partial charge >= 0.3 is 0 Å². The van der Waals surface area contributed by atoms with E-state index in [1.807, 2.05) is 54.9 Å². The minimum atomic E-state index is -3.16. The lowest BCUT2D eigenvalue weighted by Gasteiger charge is -2.27. The lowest BCUT2D eigenvalue weighted by atomic mass is 10.2. The summed E-state index contributed by atoms with van der Waals surface area (Å²) in [5.41, 5.74) is 1.80. The number of benzene rings is 1. The lowest BCUT2D eigenvalue weighted by Crippen LogP contribution is -2.42. The first kappa shape index (κ1) is 20.5. The number of thiophene rings is 1. The first-order valence-corrected chi connectivity index (χ1v) is 12.0. The quantitative estimate of drug-likeness (QED) is 0.586. The van der Waals surface area contributed by atoms with Gasteiger partial charge in [-0.2, -0.15) is 5.10 Å². The SMILES string of the molecule is CCN(C(=O)c1cc2c(C)nn(-c3ccccc3)c2s1)C(C)CS(=O)(=O)CC. The molecule has 0 aliphatic rings. The fraction of sp³-hybridized carbons (Fsp3) is 0.400. The molecule has 0 bridgehead atoms. The van der Waals surface area contributed by atoms with E-state index in [0.717, 1.165) is 21.6 Å². The molecule has 2 aromatic heterocycles. The molecule has 3 aromatic rings. The van der Waals surface area contributed by atoms with Gasteiger partial charge in [0.2, 0.25) is 0 Å². The van der Waals surface area contributed by atoms with Gasteiger partial charge in [0.25, 0.3) is 5.91 Å². The predicted octanol–water partition coefficient (Wildman–Crippen LogP) is 3.68. The van der Waals surface area contributed by atoms with Crippen LogP contribution in [0, 0.1) is 6.92 Å². The van der Waals surface area contributed by atoms with E-state index in [9.17, 15) is 13.2 Å². The highest BCUT2D eigenvalue weighted by Gasteiger charge is 2.26. The number of rotatable bonds is 7. The Morgan fingerprint density at radius 1 is 1.25 bits per heavy atom. The number of carbonyl (C=O) groups excluding carboxylic acids is 1. The summed E-state index contributed by atoms with van der Waals surface area (Å²) < 4.78 is 25.8. The summed E-state index contributed by atoms with van der Waals surface area (Å²) in [7, 11) is -3.16. The Balaban J connectivity index is 1.95. The second-order valence-electron chi connectivity index (χ2n) is 6.80. The monoisotopic (exact) mass is 419 g/mol. The third-order valence-corrected chi connectivity index (χ3v) is 7.79. The van der Waals surface area contributed by atoms with Gasteiger partial charge in [0, 0.05) is 23.7 Å². The number of amides is 1. The Bertz CT molecular complexity index is 1080. The van der Waals surface area contributed by atoms with E-state index in [2.05, 4.69) is 5.10 Å². The zero-order valence-corrected chi connectivity index (χ0v) is 18.2. The van der Waals surface area contributed by atoms with Crippen molar-refractivity contribution in [2.75, 3.05) is 18.1 Å². The van der Waals surface area contributed by atoms with Crippen molar-refractivity contribution in [1.29, 1.82) is 0 Å². The van der Waals surface area contributed by atoms with Gasteiger partial charge < -0.3 is 4.90 Å².